The lowest BCUT2D eigenvalue weighted by Crippen LogP contribution is -2.23. The number of benzene rings is 3. The number of thiazole rings is 1. The molecule has 1 N–H and O–H groups in total. The highest BCUT2D eigenvalue weighted by Gasteiger charge is 2.16. The summed E-state index contributed by atoms with van der Waals surface area (Å²) in [6.45, 7) is 4.05. The highest BCUT2D eigenvalue weighted by Crippen LogP contribution is 2.22. The van der Waals surface area contributed by atoms with Gasteiger partial charge in [-0.1, -0.05) is 55.0 Å². The number of esters is 1. The van der Waals surface area contributed by atoms with Crippen LogP contribution in [0.2, 0.25) is 0 Å². The fraction of sp³-hybridized carbons (Fsp3) is 0.250. The maximum atomic E-state index is 13.2. The van der Waals surface area contributed by atoms with E-state index >= 15 is 0 Å². The standard InChI is InChI=1S/C28H29N3O5S2/c1-3-5-10-20-15-16-24-25(17-20)37-28(31(24)19-26(32)36-4-2)29-27(33)21-11-9-12-22(18-21)30-38(34,35)23-13-7-6-8-14-23/h6-9,11-18,30H,3-5,10,19H2,1-2H3. The number of hydrogen-bond acceptors (Lipinski definition) is 6. The lowest BCUT2D eigenvalue weighted by atomic mass is 10.1. The van der Waals surface area contributed by atoms with Crippen LogP contribution in [0.15, 0.2) is 82.7 Å². The Morgan fingerprint density at radius 3 is 2.53 bits per heavy atom. The Morgan fingerprint density at radius 1 is 1.00 bits per heavy atom. The monoisotopic (exact) mass is 551 g/mol. The van der Waals surface area contributed by atoms with Gasteiger partial charge in [0.15, 0.2) is 4.80 Å². The number of fused-ring (bicyclic) bond motifs is 1. The van der Waals surface area contributed by atoms with Crippen LogP contribution in [-0.4, -0.2) is 31.5 Å². The van der Waals surface area contributed by atoms with Crippen LogP contribution in [0.3, 0.4) is 0 Å². The number of aryl methyl sites for hydroxylation is 1. The first-order chi connectivity index (χ1) is 18.3. The molecule has 0 spiro atoms. The number of sulfonamides is 1. The molecule has 0 aliphatic rings. The summed E-state index contributed by atoms with van der Waals surface area (Å²) in [7, 11) is -3.81. The van der Waals surface area contributed by atoms with Gasteiger partial charge in [-0.3, -0.25) is 14.3 Å². The fourth-order valence-electron chi connectivity index (χ4n) is 3.91. The number of anilines is 1. The minimum Gasteiger partial charge on any atom is -0.465 e. The molecule has 38 heavy (non-hydrogen) atoms. The number of rotatable bonds is 10. The highest BCUT2D eigenvalue weighted by molar-refractivity contribution is 7.92. The maximum absolute atomic E-state index is 13.2. The number of nitrogens with zero attached hydrogens (tertiary/aromatic N) is 2. The minimum absolute atomic E-state index is 0.0782. The van der Waals surface area contributed by atoms with E-state index in [0.717, 1.165) is 29.5 Å². The van der Waals surface area contributed by atoms with Gasteiger partial charge in [-0.15, -0.1) is 0 Å². The van der Waals surface area contributed by atoms with Crippen LogP contribution in [-0.2, 0) is 32.5 Å². The summed E-state index contributed by atoms with van der Waals surface area (Å²) in [6, 6.07) is 20.2. The Kier molecular flexibility index (Phi) is 8.75. The zero-order chi connectivity index (χ0) is 27.1. The van der Waals surface area contributed by atoms with Crippen LogP contribution >= 0.6 is 11.3 Å². The Bertz CT molecular complexity index is 1620. The first-order valence-electron chi connectivity index (χ1n) is 12.4. The summed E-state index contributed by atoms with van der Waals surface area (Å²) in [5, 5.41) is 0. The average Bonchev–Trinajstić information content (AvgIpc) is 3.23. The highest BCUT2D eigenvalue weighted by atomic mass is 32.2. The molecule has 0 saturated heterocycles. The second-order valence-electron chi connectivity index (χ2n) is 8.60. The Labute approximate surface area is 225 Å². The number of nitrogens with one attached hydrogen (secondary N) is 1. The maximum Gasteiger partial charge on any atom is 0.326 e. The first kappa shape index (κ1) is 27.3. The number of unbranched alkanes of at least 4 members (excludes halogenated alkanes) is 1. The summed E-state index contributed by atoms with van der Waals surface area (Å²) >= 11 is 1.32. The van der Waals surface area contributed by atoms with Gasteiger partial charge in [0.25, 0.3) is 15.9 Å². The van der Waals surface area contributed by atoms with Crippen molar-refractivity contribution in [1.29, 1.82) is 0 Å². The van der Waals surface area contributed by atoms with Crippen LogP contribution < -0.4 is 9.52 Å². The SMILES string of the molecule is CCCCc1ccc2c(c1)sc(=NC(=O)c1cccc(NS(=O)(=O)c3ccccc3)c1)n2CC(=O)OCC. The first-order valence-corrected chi connectivity index (χ1v) is 14.7. The predicted octanol–water partition coefficient (Wildman–Crippen LogP) is 5.15. The number of ether oxygens (including phenoxy) is 1. The van der Waals surface area contributed by atoms with E-state index in [-0.39, 0.29) is 29.3 Å². The molecule has 4 aromatic rings. The van der Waals surface area contributed by atoms with E-state index in [0.29, 0.717) is 4.80 Å². The van der Waals surface area contributed by atoms with Gasteiger partial charge >= 0.3 is 5.97 Å². The predicted molar refractivity (Wildman–Crippen MR) is 149 cm³/mol. The molecular weight excluding hydrogens is 522 g/mol. The van der Waals surface area contributed by atoms with Gasteiger partial charge in [0.05, 0.1) is 21.7 Å². The third-order valence-corrected chi connectivity index (χ3v) is 8.21. The summed E-state index contributed by atoms with van der Waals surface area (Å²) in [6.07, 6.45) is 3.10. The van der Waals surface area contributed by atoms with Gasteiger partial charge in [0, 0.05) is 11.3 Å². The molecule has 0 fully saturated rings. The molecule has 198 valence electrons. The van der Waals surface area contributed by atoms with E-state index in [9.17, 15) is 18.0 Å². The van der Waals surface area contributed by atoms with Gasteiger partial charge in [0.1, 0.15) is 6.54 Å². The van der Waals surface area contributed by atoms with Gasteiger partial charge < -0.3 is 9.30 Å². The van der Waals surface area contributed by atoms with Crippen LogP contribution in [0, 0.1) is 0 Å². The van der Waals surface area contributed by atoms with Crippen molar-refractivity contribution in [2.24, 2.45) is 4.99 Å². The van der Waals surface area contributed by atoms with E-state index in [1.165, 1.54) is 35.1 Å². The number of aromatic nitrogens is 1. The fourth-order valence-corrected chi connectivity index (χ4v) is 6.07. The third kappa shape index (κ3) is 6.56. The van der Waals surface area contributed by atoms with E-state index < -0.39 is 21.9 Å². The van der Waals surface area contributed by atoms with Gasteiger partial charge in [0.2, 0.25) is 0 Å². The molecule has 0 unspecified atom stereocenters. The number of carbonyl (C=O) groups is 2. The average molecular weight is 552 g/mol. The van der Waals surface area contributed by atoms with Crippen molar-refractivity contribution in [2.45, 2.75) is 44.6 Å². The van der Waals surface area contributed by atoms with Crippen molar-refractivity contribution in [2.75, 3.05) is 11.3 Å². The third-order valence-electron chi connectivity index (χ3n) is 5.77. The molecule has 4 rings (SSSR count). The molecule has 0 aliphatic carbocycles. The molecule has 0 bridgehead atoms. The number of hydrogen-bond donors (Lipinski definition) is 1. The lowest BCUT2D eigenvalue weighted by molar-refractivity contribution is -0.143. The molecule has 0 atom stereocenters. The molecule has 1 amide bonds. The molecule has 1 heterocycles. The molecule has 10 heteroatoms. The summed E-state index contributed by atoms with van der Waals surface area (Å²) in [5.74, 6) is -0.977. The number of amides is 1. The van der Waals surface area contributed by atoms with Gasteiger partial charge in [-0.25, -0.2) is 8.42 Å². The quantitative estimate of drug-likeness (QED) is 0.274. The summed E-state index contributed by atoms with van der Waals surface area (Å²) in [4.78, 5) is 30.3. The van der Waals surface area contributed by atoms with Crippen LogP contribution in [0.1, 0.15) is 42.6 Å². The van der Waals surface area contributed by atoms with Crippen molar-refractivity contribution < 1.29 is 22.7 Å². The smallest absolute Gasteiger partial charge is 0.326 e. The molecule has 0 aliphatic heterocycles. The second-order valence-corrected chi connectivity index (χ2v) is 11.3. The van der Waals surface area contributed by atoms with E-state index in [4.69, 9.17) is 4.74 Å². The topological polar surface area (TPSA) is 107 Å². The van der Waals surface area contributed by atoms with Gasteiger partial charge in [-0.2, -0.15) is 4.99 Å². The number of carbonyl (C=O) groups excluding carboxylic acids is 2. The van der Waals surface area contributed by atoms with Crippen molar-refractivity contribution in [1.82, 2.24) is 4.57 Å². The van der Waals surface area contributed by atoms with Crippen molar-refractivity contribution in [3.8, 4) is 0 Å². The Hall–Kier alpha value is -3.76. The van der Waals surface area contributed by atoms with E-state index in [1.54, 1.807) is 47.9 Å². The summed E-state index contributed by atoms with van der Waals surface area (Å²) in [5.41, 5.74) is 2.42. The largest absolute Gasteiger partial charge is 0.465 e. The minimum atomic E-state index is -3.81. The zero-order valence-electron chi connectivity index (χ0n) is 21.2. The molecule has 0 radical (unpaired) electrons. The lowest BCUT2D eigenvalue weighted by Gasteiger charge is -2.08. The molecule has 3 aromatic carbocycles. The van der Waals surface area contributed by atoms with E-state index in [2.05, 4.69) is 22.7 Å². The summed E-state index contributed by atoms with van der Waals surface area (Å²) < 4.78 is 35.6. The van der Waals surface area contributed by atoms with Crippen molar-refractivity contribution in [3.63, 3.8) is 0 Å². The molecule has 8 nitrogen and oxygen atoms in total. The van der Waals surface area contributed by atoms with E-state index in [1.807, 2.05) is 12.1 Å². The van der Waals surface area contributed by atoms with Gasteiger partial charge in [-0.05, 0) is 67.8 Å². The molecular formula is C28H29N3O5S2. The zero-order valence-corrected chi connectivity index (χ0v) is 22.8. The Balaban J connectivity index is 1.69. The normalized spacial score (nSPS) is 12.0. The van der Waals surface area contributed by atoms with Crippen molar-refractivity contribution in [3.05, 3.63) is 88.7 Å². The Morgan fingerprint density at radius 2 is 1.79 bits per heavy atom. The van der Waals surface area contributed by atoms with Crippen molar-refractivity contribution >= 4 is 49.1 Å². The van der Waals surface area contributed by atoms with Crippen LogP contribution in [0.25, 0.3) is 10.2 Å². The molecule has 0 saturated carbocycles. The van der Waals surface area contributed by atoms with Crippen LogP contribution in [0.5, 0.6) is 0 Å². The molecule has 1 aromatic heterocycles. The second kappa shape index (κ2) is 12.2. The van der Waals surface area contributed by atoms with Crippen LogP contribution in [0.4, 0.5) is 5.69 Å².